The van der Waals surface area contributed by atoms with E-state index in [0.717, 1.165) is 4.47 Å². The van der Waals surface area contributed by atoms with Gasteiger partial charge in [0, 0.05) is 9.50 Å². The van der Waals surface area contributed by atoms with Crippen molar-refractivity contribution < 1.29 is 8.42 Å². The largest absolute Gasteiger partial charge is 0.232 e. The summed E-state index contributed by atoms with van der Waals surface area (Å²) < 4.78 is 21.6. The van der Waals surface area contributed by atoms with E-state index >= 15 is 0 Å². The maximum Gasteiger partial charge on any atom is 0.144 e. The molecule has 0 N–H and O–H groups in total. The van der Waals surface area contributed by atoms with Gasteiger partial charge in [0.25, 0.3) is 0 Å². The quantitative estimate of drug-likeness (QED) is 0.835. The standard InChI is InChI=1S/C7H6BrClO2S/c8-6-2-1-5(4-12(10)11)7(9)3-6/h1-3,12H,4H2. The summed E-state index contributed by atoms with van der Waals surface area (Å²) in [5, 5.41) is 0.476. The minimum absolute atomic E-state index is 0.00144. The highest BCUT2D eigenvalue weighted by molar-refractivity contribution is 9.10. The summed E-state index contributed by atoms with van der Waals surface area (Å²) >= 11 is 9.00. The molecule has 2 nitrogen and oxygen atoms in total. The SMILES string of the molecule is O=[SH](=O)Cc1ccc(Br)cc1Cl. The van der Waals surface area contributed by atoms with E-state index in [0.29, 0.717) is 10.6 Å². The highest BCUT2D eigenvalue weighted by Gasteiger charge is 2.01. The summed E-state index contributed by atoms with van der Waals surface area (Å²) in [6, 6.07) is 5.13. The molecule has 1 aromatic rings. The fraction of sp³-hybridized carbons (Fsp3) is 0.143. The van der Waals surface area contributed by atoms with Crippen LogP contribution in [0.15, 0.2) is 22.7 Å². The number of rotatable bonds is 2. The normalized spacial score (nSPS) is 10.6. The molecule has 12 heavy (non-hydrogen) atoms. The van der Waals surface area contributed by atoms with Gasteiger partial charge in [-0.15, -0.1) is 0 Å². The molecule has 0 amide bonds. The molecule has 1 aromatic carbocycles. The van der Waals surface area contributed by atoms with Crippen LogP contribution >= 0.6 is 27.5 Å². The van der Waals surface area contributed by atoms with Crippen LogP contribution in [0.2, 0.25) is 5.02 Å². The Morgan fingerprint density at radius 3 is 2.58 bits per heavy atom. The Kier molecular flexibility index (Phi) is 3.55. The lowest BCUT2D eigenvalue weighted by molar-refractivity contribution is 0.614. The molecule has 0 fully saturated rings. The van der Waals surface area contributed by atoms with Crippen LogP contribution in [-0.2, 0) is 16.5 Å². The van der Waals surface area contributed by atoms with E-state index in [1.807, 2.05) is 0 Å². The average molecular weight is 270 g/mol. The molecule has 66 valence electrons. The van der Waals surface area contributed by atoms with Gasteiger partial charge in [0.05, 0.1) is 5.75 Å². The van der Waals surface area contributed by atoms with Crippen LogP contribution in [0, 0.1) is 0 Å². The first-order valence-electron chi connectivity index (χ1n) is 3.15. The van der Waals surface area contributed by atoms with Crippen molar-refractivity contribution in [2.24, 2.45) is 0 Å². The van der Waals surface area contributed by atoms with Crippen LogP contribution in [0.4, 0.5) is 0 Å². The molecule has 5 heteroatoms. The van der Waals surface area contributed by atoms with E-state index in [1.54, 1.807) is 18.2 Å². The molecule has 0 radical (unpaired) electrons. The number of thiol groups is 1. The third kappa shape index (κ3) is 2.77. The molecule has 0 atom stereocenters. The Morgan fingerprint density at radius 2 is 2.08 bits per heavy atom. The summed E-state index contributed by atoms with van der Waals surface area (Å²) in [4.78, 5) is 0. The van der Waals surface area contributed by atoms with E-state index < -0.39 is 10.7 Å². The summed E-state index contributed by atoms with van der Waals surface area (Å²) in [5.74, 6) is 0.00144. The molecular weight excluding hydrogens is 263 g/mol. The van der Waals surface area contributed by atoms with E-state index in [9.17, 15) is 8.42 Å². The van der Waals surface area contributed by atoms with Gasteiger partial charge in [0.2, 0.25) is 0 Å². The Hall–Kier alpha value is -0.0600. The topological polar surface area (TPSA) is 34.1 Å². The third-order valence-corrected chi connectivity index (χ3v) is 2.76. The first-order chi connectivity index (χ1) is 5.59. The van der Waals surface area contributed by atoms with Gasteiger partial charge in [-0.1, -0.05) is 33.6 Å². The average Bonchev–Trinajstić information content (AvgIpc) is 1.94. The molecule has 0 spiro atoms. The lowest BCUT2D eigenvalue weighted by atomic mass is 10.2. The molecule has 0 aliphatic rings. The van der Waals surface area contributed by atoms with Crippen LogP contribution in [0.3, 0.4) is 0 Å². The van der Waals surface area contributed by atoms with Crippen molar-refractivity contribution in [3.63, 3.8) is 0 Å². The number of hydrogen-bond donors (Lipinski definition) is 1. The fourth-order valence-electron chi connectivity index (χ4n) is 0.789. The molecule has 0 heterocycles. The summed E-state index contributed by atoms with van der Waals surface area (Å²) in [6.07, 6.45) is 0. The van der Waals surface area contributed by atoms with Gasteiger partial charge < -0.3 is 0 Å². The molecule has 0 aliphatic carbocycles. The molecule has 0 saturated carbocycles. The van der Waals surface area contributed by atoms with Gasteiger partial charge >= 0.3 is 0 Å². The highest BCUT2D eigenvalue weighted by Crippen LogP contribution is 2.21. The zero-order chi connectivity index (χ0) is 9.14. The lowest BCUT2D eigenvalue weighted by Crippen LogP contribution is -1.87. The zero-order valence-electron chi connectivity index (χ0n) is 5.96. The molecule has 0 saturated heterocycles. The lowest BCUT2D eigenvalue weighted by Gasteiger charge is -1.98. The van der Waals surface area contributed by atoms with Gasteiger partial charge in [-0.2, -0.15) is 0 Å². The number of benzene rings is 1. The smallest absolute Gasteiger partial charge is 0.144 e. The highest BCUT2D eigenvalue weighted by atomic mass is 79.9. The van der Waals surface area contributed by atoms with Gasteiger partial charge in [-0.3, -0.25) is 0 Å². The maximum atomic E-state index is 10.4. The second-order valence-electron chi connectivity index (χ2n) is 2.23. The van der Waals surface area contributed by atoms with E-state index in [1.165, 1.54) is 0 Å². The Morgan fingerprint density at radius 1 is 1.42 bits per heavy atom. The second-order valence-corrected chi connectivity index (χ2v) is 4.53. The Balaban J connectivity index is 3.01. The molecule has 0 unspecified atom stereocenters. The van der Waals surface area contributed by atoms with Gasteiger partial charge in [0.1, 0.15) is 10.7 Å². The van der Waals surface area contributed by atoms with Crippen molar-refractivity contribution in [3.8, 4) is 0 Å². The van der Waals surface area contributed by atoms with Crippen molar-refractivity contribution in [3.05, 3.63) is 33.3 Å². The Bertz CT molecular complexity index is 354. The molecule has 0 aromatic heterocycles. The van der Waals surface area contributed by atoms with Gasteiger partial charge in [-0.25, -0.2) is 8.42 Å². The van der Waals surface area contributed by atoms with E-state index in [2.05, 4.69) is 15.9 Å². The summed E-state index contributed by atoms with van der Waals surface area (Å²) in [5.41, 5.74) is 0.635. The maximum absolute atomic E-state index is 10.4. The van der Waals surface area contributed by atoms with Gasteiger partial charge in [0.15, 0.2) is 0 Å². The predicted molar refractivity (Wildman–Crippen MR) is 53.2 cm³/mol. The van der Waals surface area contributed by atoms with E-state index in [4.69, 9.17) is 11.6 Å². The fourth-order valence-corrected chi connectivity index (χ4v) is 2.18. The summed E-state index contributed by atoms with van der Waals surface area (Å²) in [6.45, 7) is 0. The second kappa shape index (κ2) is 4.25. The minimum atomic E-state index is -2.40. The molecule has 1 rings (SSSR count). The first-order valence-corrected chi connectivity index (χ1v) is 5.68. The first kappa shape index (κ1) is 10.0. The van der Waals surface area contributed by atoms with Crippen LogP contribution in [-0.4, -0.2) is 8.42 Å². The summed E-state index contributed by atoms with van der Waals surface area (Å²) in [7, 11) is -2.40. The van der Waals surface area contributed by atoms with Crippen LogP contribution < -0.4 is 0 Å². The van der Waals surface area contributed by atoms with Crippen molar-refractivity contribution in [2.75, 3.05) is 0 Å². The van der Waals surface area contributed by atoms with Crippen LogP contribution in [0.1, 0.15) is 5.56 Å². The van der Waals surface area contributed by atoms with Crippen LogP contribution in [0.25, 0.3) is 0 Å². The zero-order valence-corrected chi connectivity index (χ0v) is 9.20. The number of halogens is 2. The Labute approximate surface area is 85.6 Å². The van der Waals surface area contributed by atoms with Gasteiger partial charge in [-0.05, 0) is 17.7 Å². The van der Waals surface area contributed by atoms with E-state index in [-0.39, 0.29) is 5.75 Å². The van der Waals surface area contributed by atoms with Crippen molar-refractivity contribution in [1.82, 2.24) is 0 Å². The van der Waals surface area contributed by atoms with Crippen molar-refractivity contribution >= 4 is 38.2 Å². The molecular formula is C7H6BrClO2S. The third-order valence-electron chi connectivity index (χ3n) is 1.31. The van der Waals surface area contributed by atoms with Crippen molar-refractivity contribution in [2.45, 2.75) is 5.75 Å². The van der Waals surface area contributed by atoms with Crippen molar-refractivity contribution in [1.29, 1.82) is 0 Å². The van der Waals surface area contributed by atoms with Crippen LogP contribution in [0.5, 0.6) is 0 Å². The molecule has 0 bridgehead atoms. The minimum Gasteiger partial charge on any atom is -0.232 e. The monoisotopic (exact) mass is 268 g/mol. The predicted octanol–water partition coefficient (Wildman–Crippen LogP) is 2.21. The molecule has 0 aliphatic heterocycles. The number of hydrogen-bond acceptors (Lipinski definition) is 2.